The van der Waals surface area contributed by atoms with Gasteiger partial charge in [0.25, 0.3) is 5.91 Å². The number of nitrogens with zero attached hydrogens (tertiary/aromatic N) is 1. The number of allylic oxidation sites excluding steroid dienone is 1. The number of H-pyrrole nitrogens is 1. The highest BCUT2D eigenvalue weighted by molar-refractivity contribution is 9.10. The van der Waals surface area contributed by atoms with Crippen molar-refractivity contribution in [1.82, 2.24) is 15.5 Å². The van der Waals surface area contributed by atoms with Crippen molar-refractivity contribution >= 4 is 27.8 Å². The van der Waals surface area contributed by atoms with Gasteiger partial charge in [-0.25, -0.2) is 4.79 Å². The summed E-state index contributed by atoms with van der Waals surface area (Å²) in [6, 6.07) is 0. The average Bonchev–Trinajstić information content (AvgIpc) is 2.64. The molecule has 0 aliphatic rings. The molecule has 1 aromatic heterocycles. The van der Waals surface area contributed by atoms with Crippen LogP contribution in [0, 0.1) is 0 Å². The minimum Gasteiger partial charge on any atom is -0.463 e. The molecular formula is C10H12BrN3O3. The zero-order valence-corrected chi connectivity index (χ0v) is 11.0. The molecule has 0 bridgehead atoms. The minimum absolute atomic E-state index is 0.293. The van der Waals surface area contributed by atoms with Gasteiger partial charge in [-0.2, -0.15) is 5.10 Å². The van der Waals surface area contributed by atoms with E-state index in [1.165, 1.54) is 12.3 Å². The summed E-state index contributed by atoms with van der Waals surface area (Å²) >= 11 is 3.17. The summed E-state index contributed by atoms with van der Waals surface area (Å²) in [5.41, 5.74) is 0.691. The fourth-order valence-corrected chi connectivity index (χ4v) is 1.44. The van der Waals surface area contributed by atoms with Gasteiger partial charge in [0, 0.05) is 11.8 Å². The van der Waals surface area contributed by atoms with Crippen LogP contribution in [0.5, 0.6) is 0 Å². The molecule has 0 atom stereocenters. The summed E-state index contributed by atoms with van der Waals surface area (Å²) in [7, 11) is 0. The predicted molar refractivity (Wildman–Crippen MR) is 64.1 cm³/mol. The van der Waals surface area contributed by atoms with Crippen LogP contribution in [-0.4, -0.2) is 28.7 Å². The molecule has 0 unspecified atom stereocenters. The average molecular weight is 302 g/mol. The lowest BCUT2D eigenvalue weighted by Gasteiger charge is -2.03. The Balaban J connectivity index is 2.63. The Kier molecular flexibility index (Phi) is 4.89. The topological polar surface area (TPSA) is 84.1 Å². The second kappa shape index (κ2) is 6.19. The lowest BCUT2D eigenvalue weighted by Crippen LogP contribution is -2.23. The smallest absolute Gasteiger partial charge is 0.332 e. The third-order valence-corrected chi connectivity index (χ3v) is 2.35. The van der Waals surface area contributed by atoms with E-state index in [1.54, 1.807) is 13.8 Å². The first-order valence-corrected chi connectivity index (χ1v) is 5.69. The van der Waals surface area contributed by atoms with Crippen LogP contribution in [0.1, 0.15) is 24.3 Å². The van der Waals surface area contributed by atoms with Crippen LogP contribution in [0.15, 0.2) is 22.4 Å². The molecule has 0 aromatic carbocycles. The number of aromatic nitrogens is 2. The maximum atomic E-state index is 11.7. The Bertz CT molecular complexity index is 453. The van der Waals surface area contributed by atoms with Crippen LogP contribution in [0.25, 0.3) is 0 Å². The maximum Gasteiger partial charge on any atom is 0.332 e. The van der Waals surface area contributed by atoms with Gasteiger partial charge in [-0.1, -0.05) is 0 Å². The van der Waals surface area contributed by atoms with Gasteiger partial charge < -0.3 is 10.1 Å². The van der Waals surface area contributed by atoms with Crippen LogP contribution >= 0.6 is 15.9 Å². The fraction of sp³-hybridized carbons (Fsp3) is 0.300. The molecule has 0 spiro atoms. The SMILES string of the molecule is CCOC(=O)/C=C(\C)NC(=O)c1[nH]ncc1Br. The largest absolute Gasteiger partial charge is 0.463 e. The number of hydrogen-bond acceptors (Lipinski definition) is 4. The first-order chi connectivity index (χ1) is 8.04. The predicted octanol–water partition coefficient (Wildman–Crippen LogP) is 1.37. The normalized spacial score (nSPS) is 11.1. The van der Waals surface area contributed by atoms with Crippen LogP contribution in [0.2, 0.25) is 0 Å². The van der Waals surface area contributed by atoms with E-state index in [1.807, 2.05) is 0 Å². The second-order valence-electron chi connectivity index (χ2n) is 3.13. The molecule has 0 saturated carbocycles. The lowest BCUT2D eigenvalue weighted by atomic mass is 10.3. The molecule has 1 aromatic rings. The van der Waals surface area contributed by atoms with Gasteiger partial charge in [-0.3, -0.25) is 9.89 Å². The van der Waals surface area contributed by atoms with E-state index in [-0.39, 0.29) is 5.91 Å². The fourth-order valence-electron chi connectivity index (χ4n) is 1.07. The van der Waals surface area contributed by atoms with Gasteiger partial charge in [0.15, 0.2) is 0 Å². The van der Waals surface area contributed by atoms with Crippen molar-refractivity contribution in [3.63, 3.8) is 0 Å². The highest BCUT2D eigenvalue weighted by atomic mass is 79.9. The Morgan fingerprint density at radius 3 is 2.88 bits per heavy atom. The number of esters is 1. The van der Waals surface area contributed by atoms with E-state index < -0.39 is 5.97 Å². The van der Waals surface area contributed by atoms with E-state index >= 15 is 0 Å². The number of rotatable bonds is 4. The van der Waals surface area contributed by atoms with Crippen molar-refractivity contribution in [2.75, 3.05) is 6.61 Å². The van der Waals surface area contributed by atoms with Crippen molar-refractivity contribution < 1.29 is 14.3 Å². The summed E-state index contributed by atoms with van der Waals surface area (Å²) in [6.45, 7) is 3.60. The number of ether oxygens (including phenoxy) is 1. The van der Waals surface area contributed by atoms with Crippen molar-refractivity contribution in [3.05, 3.63) is 28.1 Å². The molecule has 17 heavy (non-hydrogen) atoms. The van der Waals surface area contributed by atoms with Crippen LogP contribution in [-0.2, 0) is 9.53 Å². The zero-order chi connectivity index (χ0) is 12.8. The van der Waals surface area contributed by atoms with Crippen molar-refractivity contribution in [2.45, 2.75) is 13.8 Å². The summed E-state index contributed by atoms with van der Waals surface area (Å²) in [6.07, 6.45) is 2.69. The number of carbonyl (C=O) groups is 2. The molecule has 0 aliphatic carbocycles. The van der Waals surface area contributed by atoms with Crippen molar-refractivity contribution in [1.29, 1.82) is 0 Å². The quantitative estimate of drug-likeness (QED) is 0.650. The summed E-state index contributed by atoms with van der Waals surface area (Å²) < 4.78 is 5.27. The van der Waals surface area contributed by atoms with Crippen molar-refractivity contribution in [3.8, 4) is 0 Å². The molecule has 2 N–H and O–H groups in total. The van der Waals surface area contributed by atoms with Gasteiger partial charge in [-0.05, 0) is 29.8 Å². The molecular weight excluding hydrogens is 290 g/mol. The molecule has 1 rings (SSSR count). The van der Waals surface area contributed by atoms with Gasteiger partial charge in [0.2, 0.25) is 0 Å². The van der Waals surface area contributed by atoms with Crippen LogP contribution in [0.4, 0.5) is 0 Å². The van der Waals surface area contributed by atoms with E-state index in [4.69, 9.17) is 4.74 Å². The summed E-state index contributed by atoms with van der Waals surface area (Å²) in [5, 5.41) is 8.77. The van der Waals surface area contributed by atoms with Crippen LogP contribution < -0.4 is 5.32 Å². The Morgan fingerprint density at radius 2 is 2.35 bits per heavy atom. The number of aromatic amines is 1. The van der Waals surface area contributed by atoms with E-state index in [0.29, 0.717) is 22.5 Å². The highest BCUT2D eigenvalue weighted by Crippen LogP contribution is 2.12. The molecule has 0 radical (unpaired) electrons. The van der Waals surface area contributed by atoms with E-state index in [2.05, 4.69) is 31.4 Å². The van der Waals surface area contributed by atoms with Gasteiger partial charge in [-0.15, -0.1) is 0 Å². The first-order valence-electron chi connectivity index (χ1n) is 4.89. The number of amides is 1. The minimum atomic E-state index is -0.492. The van der Waals surface area contributed by atoms with Crippen LogP contribution in [0.3, 0.4) is 0 Å². The van der Waals surface area contributed by atoms with Gasteiger partial charge in [0.1, 0.15) is 5.69 Å². The van der Waals surface area contributed by atoms with Gasteiger partial charge in [0.05, 0.1) is 17.3 Å². The lowest BCUT2D eigenvalue weighted by molar-refractivity contribution is -0.137. The Labute approximate surface area is 107 Å². The monoisotopic (exact) mass is 301 g/mol. The maximum absolute atomic E-state index is 11.7. The number of carbonyl (C=O) groups excluding carboxylic acids is 2. The van der Waals surface area contributed by atoms with E-state index in [9.17, 15) is 9.59 Å². The highest BCUT2D eigenvalue weighted by Gasteiger charge is 2.12. The molecule has 6 nitrogen and oxygen atoms in total. The number of hydrogen-bond donors (Lipinski definition) is 2. The Hall–Kier alpha value is -1.63. The molecule has 0 fully saturated rings. The third kappa shape index (κ3) is 4.03. The molecule has 92 valence electrons. The summed E-state index contributed by atoms with van der Waals surface area (Å²) in [5.74, 6) is -0.874. The third-order valence-electron chi connectivity index (χ3n) is 1.75. The zero-order valence-electron chi connectivity index (χ0n) is 9.41. The van der Waals surface area contributed by atoms with E-state index in [0.717, 1.165) is 0 Å². The summed E-state index contributed by atoms with van der Waals surface area (Å²) in [4.78, 5) is 22.8. The van der Waals surface area contributed by atoms with Gasteiger partial charge >= 0.3 is 5.97 Å². The molecule has 1 amide bonds. The van der Waals surface area contributed by atoms with Crippen molar-refractivity contribution in [2.24, 2.45) is 0 Å². The first kappa shape index (κ1) is 13.4. The molecule has 0 saturated heterocycles. The molecule has 0 aliphatic heterocycles. The molecule has 1 heterocycles. The Morgan fingerprint density at radius 1 is 1.65 bits per heavy atom. The number of nitrogens with one attached hydrogen (secondary N) is 2. The second-order valence-corrected chi connectivity index (χ2v) is 3.98. The standard InChI is InChI=1S/C10H12BrN3O3/c1-3-17-8(15)4-6(2)13-10(16)9-7(11)5-12-14-9/h4-5H,3H2,1-2H3,(H,12,14)(H,13,16)/b6-4+. The number of halogens is 1. The molecule has 7 heteroatoms.